The molecule has 24 heavy (non-hydrogen) atoms. The van der Waals surface area contributed by atoms with Crippen LogP contribution in [0.4, 0.5) is 0 Å². The van der Waals surface area contributed by atoms with Gasteiger partial charge in [-0.2, -0.15) is 4.31 Å². The van der Waals surface area contributed by atoms with Crippen LogP contribution in [0.1, 0.15) is 39.0 Å². The first-order valence-electron chi connectivity index (χ1n) is 8.78. The maximum absolute atomic E-state index is 12.6. The van der Waals surface area contributed by atoms with E-state index in [9.17, 15) is 8.42 Å². The molecule has 4 nitrogen and oxygen atoms in total. The molecule has 130 valence electrons. The van der Waals surface area contributed by atoms with Crippen molar-refractivity contribution in [2.24, 2.45) is 0 Å². The number of sulfonamides is 1. The fraction of sp³-hybridized carbons (Fsp3) is 0.474. The zero-order chi connectivity index (χ0) is 17.0. The number of fused-ring (bicyclic) bond motifs is 1. The second-order valence-electron chi connectivity index (χ2n) is 6.34. The van der Waals surface area contributed by atoms with E-state index in [0.29, 0.717) is 18.0 Å². The first-order chi connectivity index (χ1) is 11.6. The first kappa shape index (κ1) is 17.2. The molecule has 0 atom stereocenters. The molecule has 1 heterocycles. The molecular formula is C19H25NO3S. The summed E-state index contributed by atoms with van der Waals surface area (Å²) in [6.07, 6.45) is 5.30. The monoisotopic (exact) mass is 347 g/mol. The Balaban J connectivity index is 1.79. The van der Waals surface area contributed by atoms with Crippen LogP contribution in [0.25, 0.3) is 10.8 Å². The van der Waals surface area contributed by atoms with Crippen LogP contribution in [0, 0.1) is 0 Å². The van der Waals surface area contributed by atoms with Crippen molar-refractivity contribution in [3.63, 3.8) is 0 Å². The Morgan fingerprint density at radius 2 is 1.71 bits per heavy atom. The van der Waals surface area contributed by atoms with Crippen molar-refractivity contribution in [2.75, 3.05) is 19.7 Å². The molecule has 2 aromatic rings. The van der Waals surface area contributed by atoms with Gasteiger partial charge in [-0.05, 0) is 54.3 Å². The van der Waals surface area contributed by atoms with Crippen LogP contribution in [0.15, 0.2) is 41.3 Å². The standard InChI is InChI=1S/C19H25NO3S/c1-2-3-6-13-23-18-9-7-17-15-19(10-8-16(17)14-18)24(21,22)20-11-4-5-12-20/h7-10,14-15H,2-6,11-13H2,1H3. The van der Waals surface area contributed by atoms with E-state index < -0.39 is 10.0 Å². The van der Waals surface area contributed by atoms with Crippen LogP contribution in [-0.4, -0.2) is 32.4 Å². The summed E-state index contributed by atoms with van der Waals surface area (Å²) in [5.74, 6) is 0.841. The Hall–Kier alpha value is -1.59. The van der Waals surface area contributed by atoms with Crippen molar-refractivity contribution >= 4 is 20.8 Å². The predicted octanol–water partition coefficient (Wildman–Crippen LogP) is 4.19. The highest BCUT2D eigenvalue weighted by atomic mass is 32.2. The van der Waals surface area contributed by atoms with Gasteiger partial charge in [-0.3, -0.25) is 0 Å². The van der Waals surface area contributed by atoms with Crippen LogP contribution in [0.5, 0.6) is 5.75 Å². The van der Waals surface area contributed by atoms with E-state index in [4.69, 9.17) is 4.74 Å². The van der Waals surface area contributed by atoms with Gasteiger partial charge in [0, 0.05) is 13.1 Å². The highest BCUT2D eigenvalue weighted by Crippen LogP contribution is 2.27. The largest absolute Gasteiger partial charge is 0.494 e. The summed E-state index contributed by atoms with van der Waals surface area (Å²) in [5, 5.41) is 1.93. The number of unbranched alkanes of at least 4 members (excludes halogenated alkanes) is 2. The van der Waals surface area contributed by atoms with E-state index in [1.807, 2.05) is 24.3 Å². The van der Waals surface area contributed by atoms with Gasteiger partial charge in [0.1, 0.15) is 5.75 Å². The van der Waals surface area contributed by atoms with Gasteiger partial charge in [-0.1, -0.05) is 31.9 Å². The van der Waals surface area contributed by atoms with Gasteiger partial charge >= 0.3 is 0 Å². The molecule has 1 aliphatic heterocycles. The van der Waals surface area contributed by atoms with Crippen LogP contribution in [-0.2, 0) is 10.0 Å². The molecular weight excluding hydrogens is 322 g/mol. The lowest BCUT2D eigenvalue weighted by Crippen LogP contribution is -2.27. The summed E-state index contributed by atoms with van der Waals surface area (Å²) in [5.41, 5.74) is 0. The Morgan fingerprint density at radius 3 is 2.46 bits per heavy atom. The lowest BCUT2D eigenvalue weighted by Gasteiger charge is -2.16. The molecule has 0 aromatic heterocycles. The summed E-state index contributed by atoms with van der Waals surface area (Å²) in [4.78, 5) is 0.383. The van der Waals surface area contributed by atoms with Crippen molar-refractivity contribution in [1.29, 1.82) is 0 Å². The quantitative estimate of drug-likeness (QED) is 0.706. The van der Waals surface area contributed by atoms with Crippen molar-refractivity contribution < 1.29 is 13.2 Å². The summed E-state index contributed by atoms with van der Waals surface area (Å²) in [7, 11) is -3.36. The second-order valence-corrected chi connectivity index (χ2v) is 8.28. The van der Waals surface area contributed by atoms with Gasteiger partial charge in [-0.25, -0.2) is 8.42 Å². The maximum Gasteiger partial charge on any atom is 0.243 e. The van der Waals surface area contributed by atoms with Gasteiger partial charge in [-0.15, -0.1) is 0 Å². The number of nitrogens with zero attached hydrogens (tertiary/aromatic N) is 1. The number of benzene rings is 2. The third-order valence-electron chi connectivity index (χ3n) is 4.50. The van der Waals surface area contributed by atoms with Gasteiger partial charge in [0.2, 0.25) is 10.0 Å². The summed E-state index contributed by atoms with van der Waals surface area (Å²) < 4.78 is 32.6. The second kappa shape index (κ2) is 7.53. The number of hydrogen-bond donors (Lipinski definition) is 0. The maximum atomic E-state index is 12.6. The first-order valence-corrected chi connectivity index (χ1v) is 10.2. The molecule has 0 amide bonds. The van der Waals surface area contributed by atoms with E-state index in [0.717, 1.165) is 42.4 Å². The summed E-state index contributed by atoms with van der Waals surface area (Å²) in [6.45, 7) is 4.15. The smallest absolute Gasteiger partial charge is 0.243 e. The SMILES string of the molecule is CCCCCOc1ccc2cc(S(=O)(=O)N3CCCC3)ccc2c1. The van der Waals surface area contributed by atoms with Crippen molar-refractivity contribution in [3.8, 4) is 5.75 Å². The number of rotatable bonds is 7. The van der Waals surface area contributed by atoms with E-state index in [-0.39, 0.29) is 0 Å². The fourth-order valence-electron chi connectivity index (χ4n) is 3.07. The van der Waals surface area contributed by atoms with Gasteiger partial charge < -0.3 is 4.74 Å². The molecule has 3 rings (SSSR count). The molecule has 1 aliphatic rings. The molecule has 0 N–H and O–H groups in total. The molecule has 0 spiro atoms. The van der Waals surface area contributed by atoms with Crippen LogP contribution < -0.4 is 4.74 Å². The molecule has 1 fully saturated rings. The lowest BCUT2D eigenvalue weighted by atomic mass is 10.1. The van der Waals surface area contributed by atoms with Gasteiger partial charge in [0.25, 0.3) is 0 Å². The predicted molar refractivity (Wildman–Crippen MR) is 97.0 cm³/mol. The van der Waals surface area contributed by atoms with Crippen LogP contribution >= 0.6 is 0 Å². The van der Waals surface area contributed by atoms with E-state index in [2.05, 4.69) is 6.92 Å². The molecule has 0 aliphatic carbocycles. The molecule has 0 saturated carbocycles. The Kier molecular flexibility index (Phi) is 5.41. The number of hydrogen-bond acceptors (Lipinski definition) is 3. The minimum Gasteiger partial charge on any atom is -0.494 e. The van der Waals surface area contributed by atoms with Gasteiger partial charge in [0.15, 0.2) is 0 Å². The zero-order valence-electron chi connectivity index (χ0n) is 14.2. The minimum atomic E-state index is -3.36. The van der Waals surface area contributed by atoms with Gasteiger partial charge in [0.05, 0.1) is 11.5 Å². The van der Waals surface area contributed by atoms with E-state index in [1.54, 1.807) is 16.4 Å². The Morgan fingerprint density at radius 1 is 1.00 bits per heavy atom. The van der Waals surface area contributed by atoms with Crippen molar-refractivity contribution in [1.82, 2.24) is 4.31 Å². The highest BCUT2D eigenvalue weighted by molar-refractivity contribution is 7.89. The molecule has 1 saturated heterocycles. The molecule has 2 aromatic carbocycles. The highest BCUT2D eigenvalue weighted by Gasteiger charge is 2.27. The molecule has 0 bridgehead atoms. The van der Waals surface area contributed by atoms with E-state index in [1.165, 1.54) is 12.8 Å². The zero-order valence-corrected chi connectivity index (χ0v) is 15.0. The van der Waals surface area contributed by atoms with Crippen molar-refractivity contribution in [2.45, 2.75) is 43.9 Å². The minimum absolute atomic E-state index is 0.383. The Bertz CT molecular complexity index is 795. The summed E-state index contributed by atoms with van der Waals surface area (Å²) in [6, 6.07) is 11.2. The molecule has 0 unspecified atom stereocenters. The number of ether oxygens (including phenoxy) is 1. The average molecular weight is 347 g/mol. The van der Waals surface area contributed by atoms with Crippen molar-refractivity contribution in [3.05, 3.63) is 36.4 Å². The van der Waals surface area contributed by atoms with E-state index >= 15 is 0 Å². The summed E-state index contributed by atoms with van der Waals surface area (Å²) >= 11 is 0. The topological polar surface area (TPSA) is 46.6 Å². The third-order valence-corrected chi connectivity index (χ3v) is 6.40. The lowest BCUT2D eigenvalue weighted by molar-refractivity contribution is 0.306. The molecule has 5 heteroatoms. The average Bonchev–Trinajstić information content (AvgIpc) is 3.13. The van der Waals surface area contributed by atoms with Crippen LogP contribution in [0.2, 0.25) is 0 Å². The Labute approximate surface area is 144 Å². The fourth-order valence-corrected chi connectivity index (χ4v) is 4.62. The normalized spacial score (nSPS) is 15.9. The third kappa shape index (κ3) is 3.73. The van der Waals surface area contributed by atoms with Crippen LogP contribution in [0.3, 0.4) is 0 Å². The molecule has 0 radical (unpaired) electrons.